The van der Waals surface area contributed by atoms with E-state index in [1.165, 1.54) is 5.56 Å². The molecule has 2 heterocycles. The zero-order valence-corrected chi connectivity index (χ0v) is 12.9. The summed E-state index contributed by atoms with van der Waals surface area (Å²) < 4.78 is 0. The van der Waals surface area contributed by atoms with Gasteiger partial charge in [0.05, 0.1) is 11.8 Å². The number of hydrogen-bond acceptors (Lipinski definition) is 3. The highest BCUT2D eigenvalue weighted by molar-refractivity contribution is 5.15. The van der Waals surface area contributed by atoms with E-state index in [2.05, 4.69) is 40.2 Å². The molecule has 1 aromatic carbocycles. The van der Waals surface area contributed by atoms with Gasteiger partial charge in [-0.05, 0) is 56.0 Å². The van der Waals surface area contributed by atoms with Gasteiger partial charge in [0.2, 0.25) is 0 Å². The van der Waals surface area contributed by atoms with Gasteiger partial charge in [0.1, 0.15) is 0 Å². The normalized spacial score (nSPS) is 18.2. The van der Waals surface area contributed by atoms with E-state index in [9.17, 15) is 5.11 Å². The quantitative estimate of drug-likeness (QED) is 0.921. The molecule has 22 heavy (non-hydrogen) atoms. The lowest BCUT2D eigenvalue weighted by Gasteiger charge is -2.34. The Morgan fingerprint density at radius 3 is 2.45 bits per heavy atom. The second kappa shape index (κ2) is 7.52. The van der Waals surface area contributed by atoms with Crippen LogP contribution in [0.25, 0.3) is 0 Å². The third-order valence-corrected chi connectivity index (χ3v) is 4.63. The van der Waals surface area contributed by atoms with Gasteiger partial charge in [-0.3, -0.25) is 4.98 Å². The Balaban J connectivity index is 1.46. The molecule has 1 atom stereocenters. The zero-order chi connectivity index (χ0) is 15.2. The van der Waals surface area contributed by atoms with Crippen LogP contribution in [0.2, 0.25) is 0 Å². The minimum Gasteiger partial charge on any atom is -0.387 e. The standard InChI is InChI=1S/C19H24N2O/c22-19(18-8-4-5-12-20-18)17-10-14-21(15-11-17)13-9-16-6-2-1-3-7-16/h1-8,12,17,19,22H,9-11,13-15H2. The van der Waals surface area contributed by atoms with Crippen molar-refractivity contribution in [3.8, 4) is 0 Å². The van der Waals surface area contributed by atoms with E-state index in [1.54, 1.807) is 6.20 Å². The highest BCUT2D eigenvalue weighted by atomic mass is 16.3. The number of aliphatic hydroxyl groups excluding tert-OH is 1. The van der Waals surface area contributed by atoms with E-state index in [0.717, 1.165) is 44.6 Å². The molecule has 116 valence electrons. The third kappa shape index (κ3) is 3.93. The molecular weight excluding hydrogens is 272 g/mol. The first-order valence-corrected chi connectivity index (χ1v) is 8.18. The van der Waals surface area contributed by atoms with E-state index in [4.69, 9.17) is 0 Å². The molecule has 1 saturated heterocycles. The topological polar surface area (TPSA) is 36.4 Å². The van der Waals surface area contributed by atoms with Crippen LogP contribution < -0.4 is 0 Å². The van der Waals surface area contributed by atoms with Gasteiger partial charge in [-0.1, -0.05) is 36.4 Å². The van der Waals surface area contributed by atoms with Crippen LogP contribution in [0.4, 0.5) is 0 Å². The monoisotopic (exact) mass is 296 g/mol. The van der Waals surface area contributed by atoms with Gasteiger partial charge in [0.25, 0.3) is 0 Å². The maximum absolute atomic E-state index is 10.5. The van der Waals surface area contributed by atoms with Crippen molar-refractivity contribution in [1.82, 2.24) is 9.88 Å². The molecular formula is C19H24N2O. The Kier molecular flexibility index (Phi) is 5.20. The van der Waals surface area contributed by atoms with Crippen LogP contribution in [-0.4, -0.2) is 34.6 Å². The number of benzene rings is 1. The summed E-state index contributed by atoms with van der Waals surface area (Å²) in [6, 6.07) is 16.4. The van der Waals surface area contributed by atoms with Crippen LogP contribution in [0.3, 0.4) is 0 Å². The molecule has 3 rings (SSSR count). The maximum Gasteiger partial charge on any atom is 0.0988 e. The summed E-state index contributed by atoms with van der Waals surface area (Å²) in [4.78, 5) is 6.79. The van der Waals surface area contributed by atoms with Crippen molar-refractivity contribution >= 4 is 0 Å². The molecule has 1 N–H and O–H groups in total. The summed E-state index contributed by atoms with van der Waals surface area (Å²) in [6.45, 7) is 3.25. The Morgan fingerprint density at radius 1 is 1.05 bits per heavy atom. The second-order valence-electron chi connectivity index (χ2n) is 6.11. The highest BCUT2D eigenvalue weighted by Gasteiger charge is 2.26. The minimum atomic E-state index is -0.419. The fourth-order valence-electron chi connectivity index (χ4n) is 3.22. The molecule has 3 nitrogen and oxygen atoms in total. The Hall–Kier alpha value is -1.71. The number of pyridine rings is 1. The van der Waals surface area contributed by atoms with Crippen LogP contribution in [-0.2, 0) is 6.42 Å². The van der Waals surface area contributed by atoms with Gasteiger partial charge >= 0.3 is 0 Å². The molecule has 1 aliphatic heterocycles. The fraction of sp³-hybridized carbons (Fsp3) is 0.421. The molecule has 1 aromatic heterocycles. The van der Waals surface area contributed by atoms with Gasteiger partial charge in [-0.15, -0.1) is 0 Å². The number of piperidine rings is 1. The summed E-state index contributed by atoms with van der Waals surface area (Å²) in [5.41, 5.74) is 2.21. The summed E-state index contributed by atoms with van der Waals surface area (Å²) in [7, 11) is 0. The van der Waals surface area contributed by atoms with Gasteiger partial charge in [0, 0.05) is 12.7 Å². The molecule has 3 heteroatoms. The molecule has 0 aliphatic carbocycles. The molecule has 2 aromatic rings. The van der Waals surface area contributed by atoms with E-state index in [-0.39, 0.29) is 0 Å². The van der Waals surface area contributed by atoms with Crippen molar-refractivity contribution in [3.05, 3.63) is 66.0 Å². The van der Waals surface area contributed by atoms with Gasteiger partial charge in [0.15, 0.2) is 0 Å². The molecule has 1 fully saturated rings. The number of hydrogen-bond donors (Lipinski definition) is 1. The maximum atomic E-state index is 10.5. The summed E-state index contributed by atoms with van der Waals surface area (Å²) in [5.74, 6) is 0.336. The summed E-state index contributed by atoms with van der Waals surface area (Å²) in [6.07, 6.45) is 4.54. The first kappa shape index (κ1) is 15.2. The lowest BCUT2D eigenvalue weighted by atomic mass is 9.89. The fourth-order valence-corrected chi connectivity index (χ4v) is 3.22. The van der Waals surface area contributed by atoms with Crippen molar-refractivity contribution < 1.29 is 5.11 Å². The Morgan fingerprint density at radius 2 is 1.77 bits per heavy atom. The van der Waals surface area contributed by atoms with Crippen molar-refractivity contribution in [1.29, 1.82) is 0 Å². The van der Waals surface area contributed by atoms with Crippen LogP contribution in [0.1, 0.15) is 30.2 Å². The molecule has 1 unspecified atom stereocenters. The van der Waals surface area contributed by atoms with Crippen molar-refractivity contribution in [2.75, 3.05) is 19.6 Å². The number of aromatic nitrogens is 1. The van der Waals surface area contributed by atoms with E-state index < -0.39 is 6.10 Å². The summed E-state index contributed by atoms with van der Waals surface area (Å²) in [5, 5.41) is 10.5. The van der Waals surface area contributed by atoms with Gasteiger partial charge < -0.3 is 10.0 Å². The van der Waals surface area contributed by atoms with Crippen LogP contribution in [0, 0.1) is 5.92 Å². The number of nitrogens with zero attached hydrogens (tertiary/aromatic N) is 2. The molecule has 0 radical (unpaired) electrons. The molecule has 0 bridgehead atoms. The number of aliphatic hydroxyl groups is 1. The first-order chi connectivity index (χ1) is 10.8. The number of rotatable bonds is 5. The highest BCUT2D eigenvalue weighted by Crippen LogP contribution is 2.29. The molecule has 1 aliphatic rings. The van der Waals surface area contributed by atoms with E-state index in [0.29, 0.717) is 5.92 Å². The summed E-state index contributed by atoms with van der Waals surface area (Å²) >= 11 is 0. The lowest BCUT2D eigenvalue weighted by molar-refractivity contribution is 0.0564. The third-order valence-electron chi connectivity index (χ3n) is 4.63. The van der Waals surface area contributed by atoms with Gasteiger partial charge in [-0.25, -0.2) is 0 Å². The largest absolute Gasteiger partial charge is 0.387 e. The SMILES string of the molecule is OC(c1ccccn1)C1CCN(CCc2ccccc2)CC1. The van der Waals surface area contributed by atoms with Crippen LogP contribution in [0.5, 0.6) is 0 Å². The lowest BCUT2D eigenvalue weighted by Crippen LogP contribution is -2.37. The smallest absolute Gasteiger partial charge is 0.0988 e. The molecule has 0 spiro atoms. The van der Waals surface area contributed by atoms with Crippen LogP contribution in [0.15, 0.2) is 54.7 Å². The predicted molar refractivity (Wildman–Crippen MR) is 88.5 cm³/mol. The molecule has 0 saturated carbocycles. The van der Waals surface area contributed by atoms with Gasteiger partial charge in [-0.2, -0.15) is 0 Å². The van der Waals surface area contributed by atoms with E-state index >= 15 is 0 Å². The van der Waals surface area contributed by atoms with Crippen LogP contribution >= 0.6 is 0 Å². The van der Waals surface area contributed by atoms with Crippen molar-refractivity contribution in [3.63, 3.8) is 0 Å². The average molecular weight is 296 g/mol. The first-order valence-electron chi connectivity index (χ1n) is 8.18. The second-order valence-corrected chi connectivity index (χ2v) is 6.11. The minimum absolute atomic E-state index is 0.336. The van der Waals surface area contributed by atoms with Crippen molar-refractivity contribution in [2.45, 2.75) is 25.4 Å². The average Bonchev–Trinajstić information content (AvgIpc) is 2.61. The van der Waals surface area contributed by atoms with E-state index in [1.807, 2.05) is 18.2 Å². The predicted octanol–water partition coefficient (Wildman–Crippen LogP) is 3.07. The number of likely N-dealkylation sites (tertiary alicyclic amines) is 1. The Labute approximate surface area is 132 Å². The zero-order valence-electron chi connectivity index (χ0n) is 12.9. The Bertz CT molecular complexity index is 550. The van der Waals surface area contributed by atoms with Crippen molar-refractivity contribution in [2.24, 2.45) is 5.92 Å². The molecule has 0 amide bonds.